The Morgan fingerprint density at radius 1 is 1.02 bits per heavy atom. The molecule has 4 aromatic rings. The zero-order valence-corrected chi connectivity index (χ0v) is 29.8. The summed E-state index contributed by atoms with van der Waals surface area (Å²) in [5, 5.41) is 3.44. The number of hydrogen-bond acceptors (Lipinski definition) is 8. The van der Waals surface area contributed by atoms with Gasteiger partial charge in [-0.05, 0) is 79.3 Å². The van der Waals surface area contributed by atoms with Gasteiger partial charge in [-0.15, -0.1) is 17.9 Å². The third-order valence-electron chi connectivity index (χ3n) is 7.51. The van der Waals surface area contributed by atoms with Crippen LogP contribution in [0, 0.1) is 11.6 Å². The molecule has 0 saturated heterocycles. The Balaban J connectivity index is 0.00000245. The molecule has 13 heteroatoms. The second kappa shape index (κ2) is 17.9. The standard InChI is InChI=1S/C34H36F2N2O6S.H4P2/c1-4-43-34(40)26-17-21(5-12-28(26)36)20-42-16-15-41-14-13-38(45-3)29-19-30-27(18-25(29)22-6-7-22)31(33(39)37-2)32(44-30)23-8-10-24(35)11-9-23;1-2/h5,8-12,17-19,22H,4,6-7,13-16,20H2,1-3H3,(H,37,39);1-2H2. The molecule has 8 nitrogen and oxygen atoms in total. The number of esters is 1. The minimum atomic E-state index is -0.699. The number of nitrogens with one attached hydrogen (secondary N) is 1. The van der Waals surface area contributed by atoms with E-state index >= 15 is 0 Å². The van der Waals surface area contributed by atoms with E-state index in [0.29, 0.717) is 60.3 Å². The highest BCUT2D eigenvalue weighted by molar-refractivity contribution is 8.00. The maximum Gasteiger partial charge on any atom is 0.341 e. The van der Waals surface area contributed by atoms with E-state index in [1.165, 1.54) is 24.3 Å². The quantitative estimate of drug-likeness (QED) is 0.0582. The lowest BCUT2D eigenvalue weighted by Crippen LogP contribution is -2.22. The van der Waals surface area contributed by atoms with Gasteiger partial charge in [-0.3, -0.25) is 4.79 Å². The van der Waals surface area contributed by atoms with Crippen LogP contribution in [0.5, 0.6) is 0 Å². The van der Waals surface area contributed by atoms with E-state index in [0.717, 1.165) is 29.5 Å². The summed E-state index contributed by atoms with van der Waals surface area (Å²) in [6.07, 6.45) is 4.14. The number of rotatable bonds is 15. The normalized spacial score (nSPS) is 12.4. The van der Waals surface area contributed by atoms with Gasteiger partial charge in [0.1, 0.15) is 23.0 Å². The number of amides is 1. The molecule has 1 heterocycles. The summed E-state index contributed by atoms with van der Waals surface area (Å²) < 4.78 is 52.5. The van der Waals surface area contributed by atoms with Gasteiger partial charge >= 0.3 is 5.97 Å². The van der Waals surface area contributed by atoms with E-state index in [9.17, 15) is 18.4 Å². The fourth-order valence-corrected chi connectivity index (χ4v) is 5.75. The molecule has 1 aromatic heterocycles. The molecular formula is C34H40F2N2O6P2S. The first kappa shape index (κ1) is 36.8. The van der Waals surface area contributed by atoms with Crippen molar-refractivity contribution in [2.75, 3.05) is 50.6 Å². The molecule has 2 atom stereocenters. The number of carbonyl (C=O) groups excluding carboxylic acids is 2. The van der Waals surface area contributed by atoms with Gasteiger partial charge < -0.3 is 28.2 Å². The zero-order chi connectivity index (χ0) is 33.9. The van der Waals surface area contributed by atoms with Gasteiger partial charge in [-0.1, -0.05) is 18.0 Å². The van der Waals surface area contributed by atoms with Gasteiger partial charge in [0.25, 0.3) is 5.91 Å². The average molecular weight is 705 g/mol. The van der Waals surface area contributed by atoms with E-state index < -0.39 is 11.8 Å². The highest BCUT2D eigenvalue weighted by Gasteiger charge is 2.31. The number of carbonyl (C=O) groups is 2. The first-order valence-corrected chi connectivity index (χ1v) is 19.0. The summed E-state index contributed by atoms with van der Waals surface area (Å²) in [6.45, 7) is 3.77. The lowest BCUT2D eigenvalue weighted by atomic mass is 10.0. The molecule has 47 heavy (non-hydrogen) atoms. The van der Waals surface area contributed by atoms with E-state index in [4.69, 9.17) is 18.6 Å². The van der Waals surface area contributed by atoms with Crippen LogP contribution in [0.15, 0.2) is 59.0 Å². The highest BCUT2D eigenvalue weighted by atomic mass is 32.2. The largest absolute Gasteiger partial charge is 0.462 e. The summed E-state index contributed by atoms with van der Waals surface area (Å²) in [5.74, 6) is -1.16. The number of benzene rings is 3. The molecule has 5 rings (SSSR count). The molecule has 0 radical (unpaired) electrons. The summed E-state index contributed by atoms with van der Waals surface area (Å²) in [6, 6.07) is 14.2. The fraction of sp³-hybridized carbons (Fsp3) is 0.353. The third-order valence-corrected chi connectivity index (χ3v) is 8.33. The SMILES string of the molecule is CCOC(=O)c1cc(COCCOCCN(SC)c2cc3oc(-c4ccc(F)cc4)c(C(=O)NC)c3cc2C2CC2)ccc1F.PP. The monoisotopic (exact) mass is 704 g/mol. The molecule has 1 fully saturated rings. The second-order valence-corrected chi connectivity index (χ2v) is 11.4. The summed E-state index contributed by atoms with van der Waals surface area (Å²) in [4.78, 5) is 24.9. The lowest BCUT2D eigenvalue weighted by molar-refractivity contribution is 0.0433. The molecule has 1 N–H and O–H groups in total. The van der Waals surface area contributed by atoms with Gasteiger partial charge in [-0.2, -0.15) is 0 Å². The number of fused-ring (bicyclic) bond motifs is 1. The van der Waals surface area contributed by atoms with Crippen LogP contribution >= 0.6 is 29.8 Å². The van der Waals surface area contributed by atoms with Crippen LogP contribution in [0.2, 0.25) is 0 Å². The van der Waals surface area contributed by atoms with Crippen molar-refractivity contribution in [1.82, 2.24) is 5.32 Å². The lowest BCUT2D eigenvalue weighted by Gasteiger charge is -2.24. The van der Waals surface area contributed by atoms with E-state index in [-0.39, 0.29) is 30.5 Å². The van der Waals surface area contributed by atoms with Crippen molar-refractivity contribution in [1.29, 1.82) is 0 Å². The Labute approximate surface area is 282 Å². The van der Waals surface area contributed by atoms with E-state index in [2.05, 4.69) is 33.5 Å². The first-order valence-electron chi connectivity index (χ1n) is 15.2. The molecule has 0 spiro atoms. The molecular weight excluding hydrogens is 664 g/mol. The Kier molecular flexibility index (Phi) is 14.0. The van der Waals surface area contributed by atoms with Gasteiger partial charge in [0, 0.05) is 30.3 Å². The smallest absolute Gasteiger partial charge is 0.341 e. The Morgan fingerprint density at radius 2 is 1.74 bits per heavy atom. The van der Waals surface area contributed by atoms with Crippen molar-refractivity contribution < 1.29 is 37.0 Å². The second-order valence-electron chi connectivity index (χ2n) is 10.6. The summed E-state index contributed by atoms with van der Waals surface area (Å²) in [5.41, 5.74) is 4.35. The van der Waals surface area contributed by atoms with Crippen molar-refractivity contribution in [3.63, 3.8) is 0 Å². The maximum atomic E-state index is 14.0. The molecule has 0 aliphatic heterocycles. The number of hydrogen-bond donors (Lipinski definition) is 1. The van der Waals surface area contributed by atoms with Crippen LogP contribution in [0.4, 0.5) is 14.5 Å². The first-order chi connectivity index (χ1) is 22.8. The van der Waals surface area contributed by atoms with Crippen molar-refractivity contribution in [3.05, 3.63) is 88.5 Å². The van der Waals surface area contributed by atoms with Crippen LogP contribution in [0.25, 0.3) is 22.3 Å². The van der Waals surface area contributed by atoms with Gasteiger partial charge in [0.15, 0.2) is 0 Å². The molecule has 2 unspecified atom stereocenters. The number of furan rings is 1. The summed E-state index contributed by atoms with van der Waals surface area (Å²) >= 11 is 1.58. The summed E-state index contributed by atoms with van der Waals surface area (Å²) in [7, 11) is 6.25. The predicted molar refractivity (Wildman–Crippen MR) is 190 cm³/mol. The number of nitrogens with zero attached hydrogens (tertiary/aromatic N) is 1. The Hall–Kier alpha value is -3.07. The highest BCUT2D eigenvalue weighted by Crippen LogP contribution is 2.48. The van der Waals surface area contributed by atoms with Crippen molar-refractivity contribution in [2.45, 2.75) is 32.3 Å². The molecule has 1 aliphatic carbocycles. The Bertz CT molecular complexity index is 1670. The van der Waals surface area contributed by atoms with Crippen LogP contribution in [-0.2, 0) is 20.8 Å². The van der Waals surface area contributed by atoms with Crippen LogP contribution < -0.4 is 9.62 Å². The molecule has 3 aromatic carbocycles. The van der Waals surface area contributed by atoms with Gasteiger partial charge in [0.05, 0.1) is 56.4 Å². The molecule has 1 aliphatic rings. The van der Waals surface area contributed by atoms with Crippen LogP contribution in [0.3, 0.4) is 0 Å². The predicted octanol–water partition coefficient (Wildman–Crippen LogP) is 7.76. The van der Waals surface area contributed by atoms with Crippen LogP contribution in [-0.4, -0.2) is 58.2 Å². The number of halogens is 2. The molecule has 1 amide bonds. The average Bonchev–Trinajstić information content (AvgIpc) is 3.87. The fourth-order valence-electron chi connectivity index (χ4n) is 5.14. The zero-order valence-electron chi connectivity index (χ0n) is 26.6. The minimum Gasteiger partial charge on any atom is -0.462 e. The van der Waals surface area contributed by atoms with Crippen molar-refractivity contribution >= 4 is 58.3 Å². The molecule has 0 bridgehead atoms. The van der Waals surface area contributed by atoms with Crippen LogP contribution in [0.1, 0.15) is 57.5 Å². The Morgan fingerprint density at radius 3 is 2.40 bits per heavy atom. The third kappa shape index (κ3) is 9.30. The van der Waals surface area contributed by atoms with Crippen molar-refractivity contribution in [2.24, 2.45) is 0 Å². The molecule has 252 valence electrons. The maximum absolute atomic E-state index is 14.0. The van der Waals surface area contributed by atoms with Gasteiger partial charge in [0.2, 0.25) is 0 Å². The van der Waals surface area contributed by atoms with E-state index in [1.54, 1.807) is 44.1 Å². The number of anilines is 1. The van der Waals surface area contributed by atoms with Gasteiger partial charge in [-0.25, -0.2) is 13.6 Å². The topological polar surface area (TPSA) is 90.2 Å². The minimum absolute atomic E-state index is 0.110. The van der Waals surface area contributed by atoms with E-state index in [1.807, 2.05) is 12.3 Å². The molecule has 1 saturated carbocycles. The number of ether oxygens (including phenoxy) is 3. The van der Waals surface area contributed by atoms with Crippen molar-refractivity contribution in [3.8, 4) is 11.3 Å².